The molecule has 0 aliphatic carbocycles. The van der Waals surface area contributed by atoms with Gasteiger partial charge in [0, 0.05) is 11.8 Å². The van der Waals surface area contributed by atoms with Gasteiger partial charge in [0.15, 0.2) is 11.5 Å². The first-order valence-corrected chi connectivity index (χ1v) is 9.23. The van der Waals surface area contributed by atoms with Crippen LogP contribution in [-0.2, 0) is 0 Å². The van der Waals surface area contributed by atoms with E-state index in [1.54, 1.807) is 24.3 Å². The number of carbonyl (C=O) groups is 1. The molecule has 8 heteroatoms. The molecule has 1 aliphatic heterocycles. The maximum Gasteiger partial charge on any atom is 0.286 e. The third-order valence-electron chi connectivity index (χ3n) is 4.44. The number of benzene rings is 3. The van der Waals surface area contributed by atoms with Crippen molar-refractivity contribution >= 4 is 17.3 Å². The van der Waals surface area contributed by atoms with Crippen LogP contribution >= 0.6 is 0 Å². The molecule has 0 bridgehead atoms. The zero-order valence-electron chi connectivity index (χ0n) is 16.1. The predicted octanol–water partition coefficient (Wildman–Crippen LogP) is 4.72. The van der Waals surface area contributed by atoms with Crippen LogP contribution in [0.3, 0.4) is 0 Å². The fourth-order valence-corrected chi connectivity index (χ4v) is 3.03. The number of anilines is 1. The highest BCUT2D eigenvalue weighted by atomic mass is 16.6. The van der Waals surface area contributed by atoms with Crippen LogP contribution in [0.4, 0.5) is 11.4 Å². The van der Waals surface area contributed by atoms with E-state index in [9.17, 15) is 14.9 Å². The van der Waals surface area contributed by atoms with E-state index in [1.165, 1.54) is 12.1 Å². The zero-order valence-corrected chi connectivity index (χ0v) is 16.1. The molecule has 0 atom stereocenters. The first-order valence-electron chi connectivity index (χ1n) is 9.23. The Morgan fingerprint density at radius 2 is 1.70 bits per heavy atom. The van der Waals surface area contributed by atoms with Gasteiger partial charge in [-0.15, -0.1) is 0 Å². The molecule has 0 saturated heterocycles. The molecule has 0 saturated carbocycles. The molecule has 1 heterocycles. The molecular formula is C22H18N2O6. The van der Waals surface area contributed by atoms with Crippen LogP contribution in [0.2, 0.25) is 0 Å². The Labute approximate surface area is 172 Å². The van der Waals surface area contributed by atoms with Crippen molar-refractivity contribution < 1.29 is 23.9 Å². The lowest BCUT2D eigenvalue weighted by molar-refractivity contribution is -0.385. The van der Waals surface area contributed by atoms with Gasteiger partial charge in [-0.3, -0.25) is 14.9 Å². The SMILES string of the molecule is Cc1cccc(Oc2ccc(NC(=O)c3cc4c(cc3[N+](=O)[O-])OCCO4)cc2)c1. The Bertz CT molecular complexity index is 1110. The number of ether oxygens (including phenoxy) is 3. The molecule has 3 aromatic rings. The van der Waals surface area contributed by atoms with Crippen molar-refractivity contribution in [1.29, 1.82) is 0 Å². The second kappa shape index (κ2) is 8.12. The van der Waals surface area contributed by atoms with E-state index < -0.39 is 10.8 Å². The Kier molecular flexibility index (Phi) is 5.21. The summed E-state index contributed by atoms with van der Waals surface area (Å²) in [6.07, 6.45) is 0. The van der Waals surface area contributed by atoms with Crippen molar-refractivity contribution in [2.45, 2.75) is 6.92 Å². The van der Waals surface area contributed by atoms with Gasteiger partial charge in [0.1, 0.15) is 30.3 Å². The number of rotatable bonds is 5. The normalized spacial score (nSPS) is 12.2. The third kappa shape index (κ3) is 4.17. The Morgan fingerprint density at radius 3 is 2.37 bits per heavy atom. The molecule has 0 unspecified atom stereocenters. The second-order valence-corrected chi connectivity index (χ2v) is 6.67. The second-order valence-electron chi connectivity index (χ2n) is 6.67. The topological polar surface area (TPSA) is 99.9 Å². The lowest BCUT2D eigenvalue weighted by atomic mass is 10.1. The maximum atomic E-state index is 12.7. The van der Waals surface area contributed by atoms with Crippen LogP contribution in [0.5, 0.6) is 23.0 Å². The number of amides is 1. The Morgan fingerprint density at radius 1 is 1.00 bits per heavy atom. The number of fused-ring (bicyclic) bond motifs is 1. The van der Waals surface area contributed by atoms with Crippen LogP contribution in [0.25, 0.3) is 0 Å². The van der Waals surface area contributed by atoms with Gasteiger partial charge in [-0.05, 0) is 48.9 Å². The monoisotopic (exact) mass is 406 g/mol. The molecule has 0 radical (unpaired) electrons. The van der Waals surface area contributed by atoms with Gasteiger partial charge in [0.25, 0.3) is 11.6 Å². The van der Waals surface area contributed by atoms with E-state index in [2.05, 4.69) is 5.32 Å². The Hall–Kier alpha value is -4.07. The molecule has 0 fully saturated rings. The van der Waals surface area contributed by atoms with Gasteiger partial charge in [0.2, 0.25) is 0 Å². The summed E-state index contributed by atoms with van der Waals surface area (Å²) in [5, 5.41) is 14.1. The molecule has 8 nitrogen and oxygen atoms in total. The fourth-order valence-electron chi connectivity index (χ4n) is 3.03. The first kappa shape index (κ1) is 19.3. The van der Waals surface area contributed by atoms with Crippen molar-refractivity contribution in [3.63, 3.8) is 0 Å². The van der Waals surface area contributed by atoms with E-state index in [0.29, 0.717) is 36.1 Å². The van der Waals surface area contributed by atoms with Gasteiger partial charge in [-0.2, -0.15) is 0 Å². The minimum atomic E-state index is -0.619. The average molecular weight is 406 g/mol. The van der Waals surface area contributed by atoms with Crippen molar-refractivity contribution in [2.75, 3.05) is 18.5 Å². The number of carbonyl (C=O) groups excluding carboxylic acids is 1. The number of hydrogen-bond acceptors (Lipinski definition) is 6. The summed E-state index contributed by atoms with van der Waals surface area (Å²) in [4.78, 5) is 23.5. The number of hydrogen-bond donors (Lipinski definition) is 1. The van der Waals surface area contributed by atoms with Crippen molar-refractivity contribution in [2.24, 2.45) is 0 Å². The third-order valence-corrected chi connectivity index (χ3v) is 4.44. The van der Waals surface area contributed by atoms with Crippen molar-refractivity contribution in [3.8, 4) is 23.0 Å². The maximum absolute atomic E-state index is 12.7. The lowest BCUT2D eigenvalue weighted by Crippen LogP contribution is -2.18. The quantitative estimate of drug-likeness (QED) is 0.486. The number of nitrogens with zero attached hydrogens (tertiary/aromatic N) is 1. The summed E-state index contributed by atoms with van der Waals surface area (Å²) in [6.45, 7) is 2.59. The molecule has 0 spiro atoms. The minimum Gasteiger partial charge on any atom is -0.486 e. The molecule has 0 aromatic heterocycles. The van der Waals surface area contributed by atoms with E-state index in [0.717, 1.165) is 5.56 Å². The Balaban J connectivity index is 1.52. The van der Waals surface area contributed by atoms with E-state index in [1.807, 2.05) is 31.2 Å². The number of aryl methyl sites for hydroxylation is 1. The summed E-state index contributed by atoms with van der Waals surface area (Å²) in [6, 6.07) is 16.9. The number of nitrogens with one attached hydrogen (secondary N) is 1. The molecule has 1 N–H and O–H groups in total. The summed E-state index contributed by atoms with van der Waals surface area (Å²) >= 11 is 0. The van der Waals surface area contributed by atoms with Gasteiger partial charge in [0.05, 0.1) is 11.0 Å². The highest BCUT2D eigenvalue weighted by molar-refractivity contribution is 6.07. The molecular weight excluding hydrogens is 388 g/mol. The molecule has 1 aliphatic rings. The zero-order chi connectivity index (χ0) is 21.1. The van der Waals surface area contributed by atoms with E-state index >= 15 is 0 Å². The van der Waals surface area contributed by atoms with Gasteiger partial charge in [-0.1, -0.05) is 12.1 Å². The van der Waals surface area contributed by atoms with Crippen LogP contribution < -0.4 is 19.5 Å². The van der Waals surface area contributed by atoms with Crippen LogP contribution in [-0.4, -0.2) is 24.0 Å². The van der Waals surface area contributed by atoms with Crippen molar-refractivity contribution in [1.82, 2.24) is 0 Å². The average Bonchev–Trinajstić information content (AvgIpc) is 2.74. The largest absolute Gasteiger partial charge is 0.486 e. The van der Waals surface area contributed by atoms with Crippen LogP contribution in [0.1, 0.15) is 15.9 Å². The highest BCUT2D eigenvalue weighted by Crippen LogP contribution is 2.37. The predicted molar refractivity (Wildman–Crippen MR) is 110 cm³/mol. The van der Waals surface area contributed by atoms with E-state index in [-0.39, 0.29) is 17.0 Å². The number of nitro groups is 1. The van der Waals surface area contributed by atoms with Gasteiger partial charge >= 0.3 is 0 Å². The highest BCUT2D eigenvalue weighted by Gasteiger charge is 2.26. The summed E-state index contributed by atoms with van der Waals surface area (Å²) in [5.41, 5.74) is 1.10. The van der Waals surface area contributed by atoms with Crippen LogP contribution in [0, 0.1) is 17.0 Å². The van der Waals surface area contributed by atoms with Crippen LogP contribution in [0.15, 0.2) is 60.7 Å². The lowest BCUT2D eigenvalue weighted by Gasteiger charge is -2.18. The standard InChI is InChI=1S/C22H18N2O6/c1-14-3-2-4-17(11-14)30-16-7-5-15(6-8-16)23-22(25)18-12-20-21(29-10-9-28-20)13-19(18)24(26)27/h2-8,11-13H,9-10H2,1H3,(H,23,25). The fraction of sp³-hybridized carbons (Fsp3) is 0.136. The summed E-state index contributed by atoms with van der Waals surface area (Å²) in [5.74, 6) is 1.25. The molecule has 4 rings (SSSR count). The molecule has 1 amide bonds. The van der Waals surface area contributed by atoms with E-state index in [4.69, 9.17) is 14.2 Å². The summed E-state index contributed by atoms with van der Waals surface area (Å²) in [7, 11) is 0. The summed E-state index contributed by atoms with van der Waals surface area (Å²) < 4.78 is 16.6. The number of nitro benzene ring substituents is 1. The smallest absolute Gasteiger partial charge is 0.286 e. The molecule has 152 valence electrons. The van der Waals surface area contributed by atoms with Gasteiger partial charge < -0.3 is 19.5 Å². The molecule has 3 aromatic carbocycles. The van der Waals surface area contributed by atoms with Crippen molar-refractivity contribution in [3.05, 3.63) is 81.9 Å². The first-order chi connectivity index (χ1) is 14.5. The van der Waals surface area contributed by atoms with Gasteiger partial charge in [-0.25, -0.2) is 0 Å². The molecule has 30 heavy (non-hydrogen) atoms. The minimum absolute atomic E-state index is 0.107.